The van der Waals surface area contributed by atoms with Gasteiger partial charge in [0, 0.05) is 38.9 Å². The van der Waals surface area contributed by atoms with Gasteiger partial charge in [-0.15, -0.1) is 0 Å². The normalized spacial score (nSPS) is 21.2. The predicted molar refractivity (Wildman–Crippen MR) is 83.8 cm³/mol. The maximum absolute atomic E-state index is 12.6. The minimum atomic E-state index is 0.0886. The summed E-state index contributed by atoms with van der Waals surface area (Å²) in [4.78, 5) is 16.7. The Kier molecular flexibility index (Phi) is 5.10. The standard InChI is InChI=1S/C16H26N4O2/c21-11-10-18-6-8-19(9-7-18)16(22)14-12-17-20(13-14)15-4-2-1-3-5-15/h12-13,15,21H,1-11H2. The second kappa shape index (κ2) is 7.24. The first-order chi connectivity index (χ1) is 10.8. The van der Waals surface area contributed by atoms with Crippen LogP contribution in [0.5, 0.6) is 0 Å². The predicted octanol–water partition coefficient (Wildman–Crippen LogP) is 1.14. The van der Waals surface area contributed by atoms with Gasteiger partial charge in [-0.25, -0.2) is 0 Å². The van der Waals surface area contributed by atoms with Crippen molar-refractivity contribution in [1.82, 2.24) is 19.6 Å². The minimum absolute atomic E-state index is 0.0886. The Balaban J connectivity index is 1.57. The van der Waals surface area contributed by atoms with Crippen LogP contribution in [-0.2, 0) is 0 Å². The largest absolute Gasteiger partial charge is 0.395 e. The van der Waals surface area contributed by atoms with E-state index in [2.05, 4.69) is 10.00 Å². The summed E-state index contributed by atoms with van der Waals surface area (Å²) in [5.74, 6) is 0.0886. The maximum atomic E-state index is 12.6. The van der Waals surface area contributed by atoms with Crippen LogP contribution in [0.25, 0.3) is 0 Å². The molecule has 0 spiro atoms. The topological polar surface area (TPSA) is 61.6 Å². The first kappa shape index (κ1) is 15.5. The molecule has 0 unspecified atom stereocenters. The van der Waals surface area contributed by atoms with Crippen LogP contribution in [0.2, 0.25) is 0 Å². The molecule has 1 saturated carbocycles. The van der Waals surface area contributed by atoms with Crippen molar-refractivity contribution in [1.29, 1.82) is 0 Å². The SMILES string of the molecule is O=C(c1cnn(C2CCCCC2)c1)N1CCN(CCO)CC1. The fourth-order valence-corrected chi connectivity index (χ4v) is 3.49. The second-order valence-electron chi connectivity index (χ2n) is 6.36. The molecule has 0 atom stereocenters. The number of rotatable bonds is 4. The third-order valence-electron chi connectivity index (χ3n) is 4.87. The van der Waals surface area contributed by atoms with E-state index in [9.17, 15) is 4.79 Å². The van der Waals surface area contributed by atoms with Crippen LogP contribution in [-0.4, -0.2) is 69.9 Å². The number of nitrogens with zero attached hydrogens (tertiary/aromatic N) is 4. The molecular formula is C16H26N4O2. The van der Waals surface area contributed by atoms with Crippen LogP contribution in [0, 0.1) is 0 Å². The molecule has 1 aromatic heterocycles. The van der Waals surface area contributed by atoms with Gasteiger partial charge in [0.15, 0.2) is 0 Å². The molecule has 1 N–H and O–H groups in total. The Morgan fingerprint density at radius 3 is 2.59 bits per heavy atom. The van der Waals surface area contributed by atoms with Crippen LogP contribution in [0.1, 0.15) is 48.5 Å². The van der Waals surface area contributed by atoms with Crippen LogP contribution in [0.4, 0.5) is 0 Å². The first-order valence-electron chi connectivity index (χ1n) is 8.44. The fourth-order valence-electron chi connectivity index (χ4n) is 3.49. The molecular weight excluding hydrogens is 280 g/mol. The van der Waals surface area contributed by atoms with E-state index in [0.717, 1.165) is 26.2 Å². The summed E-state index contributed by atoms with van der Waals surface area (Å²) in [5, 5.41) is 13.4. The zero-order valence-electron chi connectivity index (χ0n) is 13.2. The molecule has 1 aliphatic carbocycles. The van der Waals surface area contributed by atoms with Crippen molar-refractivity contribution in [3.05, 3.63) is 18.0 Å². The van der Waals surface area contributed by atoms with E-state index in [1.54, 1.807) is 6.20 Å². The van der Waals surface area contributed by atoms with Crippen molar-refractivity contribution < 1.29 is 9.90 Å². The molecule has 2 aliphatic rings. The van der Waals surface area contributed by atoms with E-state index in [-0.39, 0.29) is 12.5 Å². The highest BCUT2D eigenvalue weighted by Crippen LogP contribution is 2.27. The molecule has 1 saturated heterocycles. The van der Waals surface area contributed by atoms with Gasteiger partial charge in [-0.3, -0.25) is 14.4 Å². The van der Waals surface area contributed by atoms with Crippen molar-refractivity contribution in [3.8, 4) is 0 Å². The van der Waals surface area contributed by atoms with Gasteiger partial charge in [0.2, 0.25) is 0 Å². The molecule has 0 radical (unpaired) electrons. The number of β-amino-alcohol motifs (C(OH)–C–C–N with tert-alkyl or cyclic N) is 1. The van der Waals surface area contributed by atoms with E-state index in [1.165, 1.54) is 32.1 Å². The summed E-state index contributed by atoms with van der Waals surface area (Å²) in [6.07, 6.45) is 9.85. The molecule has 3 rings (SSSR count). The number of carbonyl (C=O) groups is 1. The highest BCUT2D eigenvalue weighted by Gasteiger charge is 2.24. The zero-order valence-corrected chi connectivity index (χ0v) is 13.2. The molecule has 0 bridgehead atoms. The molecule has 2 fully saturated rings. The maximum Gasteiger partial charge on any atom is 0.257 e. The Bertz CT molecular complexity index is 488. The lowest BCUT2D eigenvalue weighted by atomic mass is 9.96. The minimum Gasteiger partial charge on any atom is -0.395 e. The van der Waals surface area contributed by atoms with Gasteiger partial charge in [0.1, 0.15) is 0 Å². The van der Waals surface area contributed by atoms with Crippen molar-refractivity contribution in [2.75, 3.05) is 39.3 Å². The number of hydrogen-bond acceptors (Lipinski definition) is 4. The molecule has 1 aliphatic heterocycles. The molecule has 2 heterocycles. The summed E-state index contributed by atoms with van der Waals surface area (Å²) < 4.78 is 1.99. The van der Waals surface area contributed by atoms with Gasteiger partial charge in [0.05, 0.1) is 24.4 Å². The van der Waals surface area contributed by atoms with E-state index >= 15 is 0 Å². The van der Waals surface area contributed by atoms with E-state index in [1.807, 2.05) is 15.8 Å². The summed E-state index contributed by atoms with van der Waals surface area (Å²) in [6.45, 7) is 4.01. The number of hydrogen-bond donors (Lipinski definition) is 1. The third-order valence-corrected chi connectivity index (χ3v) is 4.87. The second-order valence-corrected chi connectivity index (χ2v) is 6.36. The number of amides is 1. The van der Waals surface area contributed by atoms with Gasteiger partial charge in [0.25, 0.3) is 5.91 Å². The highest BCUT2D eigenvalue weighted by atomic mass is 16.3. The van der Waals surface area contributed by atoms with Gasteiger partial charge >= 0.3 is 0 Å². The van der Waals surface area contributed by atoms with Crippen molar-refractivity contribution >= 4 is 5.91 Å². The molecule has 0 aromatic carbocycles. The van der Waals surface area contributed by atoms with E-state index < -0.39 is 0 Å². The van der Waals surface area contributed by atoms with Crippen LogP contribution < -0.4 is 0 Å². The van der Waals surface area contributed by atoms with Crippen LogP contribution in [0.3, 0.4) is 0 Å². The number of piperazine rings is 1. The summed E-state index contributed by atoms with van der Waals surface area (Å²) in [7, 11) is 0. The zero-order chi connectivity index (χ0) is 15.4. The molecule has 1 amide bonds. The fraction of sp³-hybridized carbons (Fsp3) is 0.750. The van der Waals surface area contributed by atoms with Gasteiger partial charge in [-0.05, 0) is 12.8 Å². The average Bonchev–Trinajstić information content (AvgIpc) is 3.06. The van der Waals surface area contributed by atoms with Gasteiger partial charge in [-0.2, -0.15) is 5.10 Å². The van der Waals surface area contributed by atoms with Gasteiger partial charge in [-0.1, -0.05) is 19.3 Å². The van der Waals surface area contributed by atoms with Crippen molar-refractivity contribution in [2.24, 2.45) is 0 Å². The first-order valence-corrected chi connectivity index (χ1v) is 8.44. The number of carbonyl (C=O) groups excluding carboxylic acids is 1. The smallest absolute Gasteiger partial charge is 0.257 e. The molecule has 6 heteroatoms. The van der Waals surface area contributed by atoms with Crippen molar-refractivity contribution in [2.45, 2.75) is 38.1 Å². The number of aliphatic hydroxyl groups excluding tert-OH is 1. The lowest BCUT2D eigenvalue weighted by Gasteiger charge is -2.34. The molecule has 22 heavy (non-hydrogen) atoms. The summed E-state index contributed by atoms with van der Waals surface area (Å²) in [5.41, 5.74) is 0.709. The quantitative estimate of drug-likeness (QED) is 0.906. The lowest BCUT2D eigenvalue weighted by molar-refractivity contribution is 0.0615. The Labute approximate surface area is 131 Å². The lowest BCUT2D eigenvalue weighted by Crippen LogP contribution is -2.49. The highest BCUT2D eigenvalue weighted by molar-refractivity contribution is 5.93. The Morgan fingerprint density at radius 1 is 1.18 bits per heavy atom. The van der Waals surface area contributed by atoms with Crippen molar-refractivity contribution in [3.63, 3.8) is 0 Å². The monoisotopic (exact) mass is 306 g/mol. The van der Waals surface area contributed by atoms with Gasteiger partial charge < -0.3 is 10.0 Å². The molecule has 1 aromatic rings. The summed E-state index contributed by atoms with van der Waals surface area (Å²) >= 11 is 0. The Morgan fingerprint density at radius 2 is 1.91 bits per heavy atom. The molecule has 122 valence electrons. The van der Waals surface area contributed by atoms with E-state index in [4.69, 9.17) is 5.11 Å². The number of aliphatic hydroxyl groups is 1. The average molecular weight is 306 g/mol. The van der Waals surface area contributed by atoms with Crippen LogP contribution in [0.15, 0.2) is 12.4 Å². The number of aromatic nitrogens is 2. The van der Waals surface area contributed by atoms with E-state index in [0.29, 0.717) is 18.2 Å². The molecule has 6 nitrogen and oxygen atoms in total. The summed E-state index contributed by atoms with van der Waals surface area (Å²) in [6, 6.07) is 0.469. The van der Waals surface area contributed by atoms with Crippen LogP contribution >= 0.6 is 0 Å². The Hall–Kier alpha value is -1.40. The third kappa shape index (κ3) is 3.50.